The van der Waals surface area contributed by atoms with E-state index in [0.717, 1.165) is 5.56 Å². The topological polar surface area (TPSA) is 75.1 Å². The minimum atomic E-state index is -0.379. The summed E-state index contributed by atoms with van der Waals surface area (Å²) < 4.78 is 0. The first kappa shape index (κ1) is 12.2. The number of hydrogen-bond acceptors (Lipinski definition) is 4. The molecular formula is C13H13N3O2. The van der Waals surface area contributed by atoms with Crippen LogP contribution < -0.4 is 5.32 Å². The molecule has 0 spiro atoms. The summed E-state index contributed by atoms with van der Waals surface area (Å²) in [5.74, 6) is -0.379. The first-order valence-electron chi connectivity index (χ1n) is 5.49. The van der Waals surface area contributed by atoms with Crippen LogP contribution in [0.5, 0.6) is 0 Å². The summed E-state index contributed by atoms with van der Waals surface area (Å²) in [7, 11) is 0. The maximum atomic E-state index is 12.0. The van der Waals surface area contributed by atoms with Gasteiger partial charge in [-0.3, -0.25) is 9.78 Å². The third-order valence-electron chi connectivity index (χ3n) is 2.45. The van der Waals surface area contributed by atoms with Crippen LogP contribution >= 0.6 is 0 Å². The number of carbonyl (C=O) groups excluding carboxylic acids is 1. The summed E-state index contributed by atoms with van der Waals surface area (Å²) in [5, 5.41) is 11.8. The number of hydrogen-bond donors (Lipinski definition) is 2. The van der Waals surface area contributed by atoms with E-state index in [1.165, 1.54) is 12.4 Å². The van der Waals surface area contributed by atoms with Crippen molar-refractivity contribution in [1.82, 2.24) is 9.97 Å². The molecule has 2 aromatic rings. The third-order valence-corrected chi connectivity index (χ3v) is 2.45. The summed E-state index contributed by atoms with van der Waals surface area (Å²) in [6.07, 6.45) is 2.86. The predicted octanol–water partition coefficient (Wildman–Crippen LogP) is 1.53. The average molecular weight is 243 g/mol. The number of benzene rings is 1. The van der Waals surface area contributed by atoms with Gasteiger partial charge in [-0.05, 0) is 19.1 Å². The maximum absolute atomic E-state index is 12.0. The molecule has 92 valence electrons. The second kappa shape index (κ2) is 5.37. The van der Waals surface area contributed by atoms with Crippen LogP contribution in [-0.4, -0.2) is 21.0 Å². The normalized spacial score (nSPS) is 10.1. The van der Waals surface area contributed by atoms with Crippen molar-refractivity contribution in [2.45, 2.75) is 13.5 Å². The Morgan fingerprint density at radius 1 is 1.22 bits per heavy atom. The first-order valence-corrected chi connectivity index (χ1v) is 5.49. The van der Waals surface area contributed by atoms with Gasteiger partial charge >= 0.3 is 0 Å². The molecule has 18 heavy (non-hydrogen) atoms. The van der Waals surface area contributed by atoms with Crippen molar-refractivity contribution < 1.29 is 9.90 Å². The Labute approximate surface area is 105 Å². The highest BCUT2D eigenvalue weighted by molar-refractivity contribution is 6.03. The fraction of sp³-hybridized carbons (Fsp3) is 0.154. The number of carbonyl (C=O) groups is 1. The van der Waals surface area contributed by atoms with Gasteiger partial charge in [0.1, 0.15) is 0 Å². The summed E-state index contributed by atoms with van der Waals surface area (Å²) >= 11 is 0. The molecule has 0 aliphatic carbocycles. The van der Waals surface area contributed by atoms with Crippen LogP contribution in [0.2, 0.25) is 0 Å². The van der Waals surface area contributed by atoms with E-state index in [9.17, 15) is 4.79 Å². The molecule has 1 aromatic carbocycles. The number of nitrogens with one attached hydrogen (secondary N) is 1. The van der Waals surface area contributed by atoms with Crippen molar-refractivity contribution in [2.24, 2.45) is 0 Å². The lowest BCUT2D eigenvalue weighted by atomic mass is 10.2. The molecule has 0 saturated heterocycles. The number of amides is 1. The van der Waals surface area contributed by atoms with Crippen LogP contribution in [0.4, 0.5) is 5.69 Å². The second-order valence-electron chi connectivity index (χ2n) is 3.83. The first-order chi connectivity index (χ1) is 8.70. The summed E-state index contributed by atoms with van der Waals surface area (Å²) in [6.45, 7) is 1.66. The van der Waals surface area contributed by atoms with Gasteiger partial charge in [0.2, 0.25) is 0 Å². The number of anilines is 1. The molecule has 1 heterocycles. The van der Waals surface area contributed by atoms with Crippen molar-refractivity contribution in [1.29, 1.82) is 0 Å². The molecule has 0 bridgehead atoms. The van der Waals surface area contributed by atoms with Gasteiger partial charge < -0.3 is 10.4 Å². The minimum Gasteiger partial charge on any atom is -0.390 e. The highest BCUT2D eigenvalue weighted by Crippen LogP contribution is 2.11. The Morgan fingerprint density at radius 2 is 1.89 bits per heavy atom. The lowest BCUT2D eigenvalue weighted by Gasteiger charge is -2.07. The quantitative estimate of drug-likeness (QED) is 0.857. The van der Waals surface area contributed by atoms with Crippen molar-refractivity contribution in [3.8, 4) is 0 Å². The van der Waals surface area contributed by atoms with Gasteiger partial charge in [-0.1, -0.05) is 17.7 Å². The third kappa shape index (κ3) is 2.70. The maximum Gasteiger partial charge on any atom is 0.276 e. The van der Waals surface area contributed by atoms with E-state index in [1.54, 1.807) is 0 Å². The van der Waals surface area contributed by atoms with E-state index in [1.807, 2.05) is 31.2 Å². The van der Waals surface area contributed by atoms with E-state index in [-0.39, 0.29) is 23.9 Å². The highest BCUT2D eigenvalue weighted by Gasteiger charge is 2.13. The lowest BCUT2D eigenvalue weighted by Crippen LogP contribution is -2.17. The molecule has 1 amide bonds. The van der Waals surface area contributed by atoms with Gasteiger partial charge in [-0.25, -0.2) is 4.98 Å². The molecule has 0 aliphatic heterocycles. The molecule has 5 heteroatoms. The lowest BCUT2D eigenvalue weighted by molar-refractivity contribution is 0.101. The Kier molecular flexibility index (Phi) is 3.64. The second-order valence-corrected chi connectivity index (χ2v) is 3.83. The average Bonchev–Trinajstić information content (AvgIpc) is 2.41. The van der Waals surface area contributed by atoms with Crippen LogP contribution in [0, 0.1) is 6.92 Å². The highest BCUT2D eigenvalue weighted by atomic mass is 16.3. The SMILES string of the molecule is Cc1ccc(NC(=O)c2nccnc2CO)cc1. The predicted molar refractivity (Wildman–Crippen MR) is 67.1 cm³/mol. The van der Waals surface area contributed by atoms with E-state index in [2.05, 4.69) is 15.3 Å². The van der Waals surface area contributed by atoms with E-state index >= 15 is 0 Å². The Bertz CT molecular complexity index is 552. The molecule has 0 radical (unpaired) electrons. The van der Waals surface area contributed by atoms with Crippen LogP contribution in [0.1, 0.15) is 21.7 Å². The summed E-state index contributed by atoms with van der Waals surface area (Å²) in [6, 6.07) is 7.42. The smallest absolute Gasteiger partial charge is 0.276 e. The van der Waals surface area contributed by atoms with Crippen molar-refractivity contribution in [2.75, 3.05) is 5.32 Å². The van der Waals surface area contributed by atoms with Gasteiger partial charge in [0.05, 0.1) is 12.3 Å². The number of aliphatic hydroxyl groups excluding tert-OH is 1. The number of aromatic nitrogens is 2. The van der Waals surface area contributed by atoms with Crippen molar-refractivity contribution in [3.63, 3.8) is 0 Å². The van der Waals surface area contributed by atoms with Gasteiger partial charge in [0, 0.05) is 18.1 Å². The zero-order chi connectivity index (χ0) is 13.0. The number of aliphatic hydroxyl groups is 1. The zero-order valence-electron chi connectivity index (χ0n) is 9.92. The number of rotatable bonds is 3. The molecule has 1 aromatic heterocycles. The van der Waals surface area contributed by atoms with E-state index in [0.29, 0.717) is 5.69 Å². The summed E-state index contributed by atoms with van der Waals surface area (Å²) in [4.78, 5) is 19.8. The number of nitrogens with zero attached hydrogens (tertiary/aromatic N) is 2. The molecule has 0 aliphatic rings. The zero-order valence-corrected chi connectivity index (χ0v) is 9.92. The molecule has 2 N–H and O–H groups in total. The largest absolute Gasteiger partial charge is 0.390 e. The van der Waals surface area contributed by atoms with Crippen LogP contribution in [0.3, 0.4) is 0 Å². The fourth-order valence-electron chi connectivity index (χ4n) is 1.50. The number of aryl methyl sites for hydroxylation is 1. The molecule has 0 atom stereocenters. The van der Waals surface area contributed by atoms with Gasteiger partial charge in [0.15, 0.2) is 5.69 Å². The fourth-order valence-corrected chi connectivity index (χ4v) is 1.50. The molecule has 0 fully saturated rings. The molecule has 5 nitrogen and oxygen atoms in total. The Hall–Kier alpha value is -2.27. The Morgan fingerprint density at radius 3 is 2.56 bits per heavy atom. The van der Waals surface area contributed by atoms with Crippen LogP contribution in [-0.2, 0) is 6.61 Å². The van der Waals surface area contributed by atoms with Crippen LogP contribution in [0.25, 0.3) is 0 Å². The van der Waals surface area contributed by atoms with Crippen LogP contribution in [0.15, 0.2) is 36.7 Å². The van der Waals surface area contributed by atoms with Gasteiger partial charge in [-0.2, -0.15) is 0 Å². The Balaban J connectivity index is 2.19. The van der Waals surface area contributed by atoms with E-state index < -0.39 is 0 Å². The molecule has 0 unspecified atom stereocenters. The van der Waals surface area contributed by atoms with Gasteiger partial charge in [-0.15, -0.1) is 0 Å². The van der Waals surface area contributed by atoms with Gasteiger partial charge in [0.25, 0.3) is 5.91 Å². The molecular weight excluding hydrogens is 230 g/mol. The molecule has 0 saturated carbocycles. The summed E-state index contributed by atoms with van der Waals surface area (Å²) in [5.41, 5.74) is 2.20. The monoisotopic (exact) mass is 243 g/mol. The minimum absolute atomic E-state index is 0.139. The van der Waals surface area contributed by atoms with E-state index in [4.69, 9.17) is 5.11 Å². The molecule has 2 rings (SSSR count). The van der Waals surface area contributed by atoms with Crippen molar-refractivity contribution in [3.05, 3.63) is 53.6 Å². The standard InChI is InChI=1S/C13H13N3O2/c1-9-2-4-10(5-3-9)16-13(18)12-11(8-17)14-6-7-15-12/h2-7,17H,8H2,1H3,(H,16,18). The van der Waals surface area contributed by atoms with Crippen molar-refractivity contribution >= 4 is 11.6 Å².